The Morgan fingerprint density at radius 2 is 2.35 bits per heavy atom. The van der Waals surface area contributed by atoms with Gasteiger partial charge in [0.15, 0.2) is 5.65 Å². The van der Waals surface area contributed by atoms with Crippen LogP contribution in [0.15, 0.2) is 29.1 Å². The summed E-state index contributed by atoms with van der Waals surface area (Å²) in [5, 5.41) is 2.93. The van der Waals surface area contributed by atoms with E-state index < -0.39 is 0 Å². The molecule has 3 rings (SSSR count). The lowest BCUT2D eigenvalue weighted by atomic mass is 9.75. The molecule has 20 heavy (non-hydrogen) atoms. The fourth-order valence-corrected chi connectivity index (χ4v) is 3.08. The minimum Gasteiger partial charge on any atom is -0.352 e. The van der Waals surface area contributed by atoms with Crippen molar-refractivity contribution in [3.63, 3.8) is 0 Å². The van der Waals surface area contributed by atoms with Gasteiger partial charge in [-0.1, -0.05) is 0 Å². The zero-order valence-corrected chi connectivity index (χ0v) is 12.7. The first-order chi connectivity index (χ1) is 9.57. The summed E-state index contributed by atoms with van der Waals surface area (Å²) in [5.74, 6) is -0.0794. The number of rotatable bonds is 4. The van der Waals surface area contributed by atoms with Gasteiger partial charge in [0.25, 0.3) is 5.91 Å². The van der Waals surface area contributed by atoms with Gasteiger partial charge >= 0.3 is 0 Å². The van der Waals surface area contributed by atoms with E-state index in [4.69, 9.17) is 5.73 Å². The molecule has 0 unspecified atom stereocenters. The van der Waals surface area contributed by atoms with E-state index in [0.29, 0.717) is 12.1 Å². The number of carbonyl (C=O) groups excluding carboxylic acids is 1. The zero-order valence-electron chi connectivity index (χ0n) is 11.1. The SMILES string of the molecule is NC1(CCNC(=O)c2cc(Br)c3nccn3c2)CCC1. The number of carbonyl (C=O) groups is 1. The van der Waals surface area contributed by atoms with E-state index in [9.17, 15) is 4.79 Å². The Morgan fingerprint density at radius 1 is 1.55 bits per heavy atom. The molecule has 1 aliphatic carbocycles. The van der Waals surface area contributed by atoms with Crippen LogP contribution in [0.1, 0.15) is 36.0 Å². The molecule has 1 aliphatic rings. The van der Waals surface area contributed by atoms with Gasteiger partial charge in [-0.25, -0.2) is 4.98 Å². The molecule has 0 spiro atoms. The lowest BCUT2D eigenvalue weighted by Crippen LogP contribution is -2.48. The van der Waals surface area contributed by atoms with Crippen LogP contribution < -0.4 is 11.1 Å². The number of nitrogens with two attached hydrogens (primary N) is 1. The molecule has 1 amide bonds. The summed E-state index contributed by atoms with van der Waals surface area (Å²) in [7, 11) is 0. The number of hydrogen-bond donors (Lipinski definition) is 2. The largest absolute Gasteiger partial charge is 0.352 e. The Balaban J connectivity index is 1.66. The van der Waals surface area contributed by atoms with Crippen molar-refractivity contribution in [3.05, 3.63) is 34.7 Å². The number of nitrogens with zero attached hydrogens (tertiary/aromatic N) is 2. The lowest BCUT2D eigenvalue weighted by Gasteiger charge is -2.38. The maximum atomic E-state index is 12.1. The molecular weight excluding hydrogens is 320 g/mol. The fraction of sp³-hybridized carbons (Fsp3) is 0.429. The van der Waals surface area contributed by atoms with Gasteiger partial charge in [0.1, 0.15) is 0 Å². The molecule has 2 heterocycles. The van der Waals surface area contributed by atoms with Crippen molar-refractivity contribution in [2.45, 2.75) is 31.2 Å². The summed E-state index contributed by atoms with van der Waals surface area (Å²) < 4.78 is 2.64. The molecule has 3 N–H and O–H groups in total. The maximum Gasteiger partial charge on any atom is 0.252 e. The van der Waals surface area contributed by atoms with Crippen molar-refractivity contribution in [2.75, 3.05) is 6.54 Å². The van der Waals surface area contributed by atoms with Gasteiger partial charge in [-0.15, -0.1) is 0 Å². The van der Waals surface area contributed by atoms with Crippen molar-refractivity contribution in [3.8, 4) is 0 Å². The van der Waals surface area contributed by atoms with Gasteiger partial charge in [0, 0.05) is 30.7 Å². The van der Waals surface area contributed by atoms with Crippen molar-refractivity contribution in [1.82, 2.24) is 14.7 Å². The highest BCUT2D eigenvalue weighted by molar-refractivity contribution is 9.10. The molecule has 2 aromatic rings. The van der Waals surface area contributed by atoms with Crippen LogP contribution in [0.4, 0.5) is 0 Å². The van der Waals surface area contributed by atoms with E-state index in [1.807, 2.05) is 10.6 Å². The Kier molecular flexibility index (Phi) is 3.52. The van der Waals surface area contributed by atoms with Gasteiger partial charge in [-0.2, -0.15) is 0 Å². The topological polar surface area (TPSA) is 72.4 Å². The third-order valence-corrected chi connectivity index (χ3v) is 4.55. The first kappa shape index (κ1) is 13.6. The van der Waals surface area contributed by atoms with Crippen molar-refractivity contribution in [2.24, 2.45) is 5.73 Å². The minimum atomic E-state index is -0.0794. The first-order valence-electron chi connectivity index (χ1n) is 6.77. The number of halogens is 1. The average molecular weight is 337 g/mol. The number of pyridine rings is 1. The third kappa shape index (κ3) is 2.58. The van der Waals surface area contributed by atoms with E-state index in [1.165, 1.54) is 6.42 Å². The Labute approximate surface area is 125 Å². The number of imidazole rings is 1. The molecule has 0 saturated heterocycles. The van der Waals surface area contributed by atoms with Crippen molar-refractivity contribution >= 4 is 27.5 Å². The molecule has 106 valence electrons. The molecule has 0 aliphatic heterocycles. The molecular formula is C14H17BrN4O. The predicted octanol–water partition coefficient (Wildman–Crippen LogP) is 2.10. The number of fused-ring (bicyclic) bond motifs is 1. The molecule has 2 aromatic heterocycles. The quantitative estimate of drug-likeness (QED) is 0.897. The Bertz CT molecular complexity index is 648. The van der Waals surface area contributed by atoms with Crippen molar-refractivity contribution < 1.29 is 4.79 Å². The standard InChI is InChI=1S/C14H17BrN4O/c15-11-8-10(9-19-7-6-17-12(11)19)13(20)18-5-4-14(16)2-1-3-14/h6-9H,1-5,16H2,(H,18,20). The van der Waals surface area contributed by atoms with E-state index in [-0.39, 0.29) is 11.4 Å². The smallest absolute Gasteiger partial charge is 0.252 e. The lowest BCUT2D eigenvalue weighted by molar-refractivity contribution is 0.0946. The number of nitrogens with one attached hydrogen (secondary N) is 1. The fourth-order valence-electron chi connectivity index (χ4n) is 2.52. The van der Waals surface area contributed by atoms with Crippen LogP contribution in [0.2, 0.25) is 0 Å². The van der Waals surface area contributed by atoms with Crippen LogP contribution in [-0.4, -0.2) is 27.4 Å². The van der Waals surface area contributed by atoms with Crippen LogP contribution in [0.3, 0.4) is 0 Å². The second kappa shape index (κ2) is 5.18. The van der Waals surface area contributed by atoms with E-state index in [1.54, 1.807) is 18.5 Å². The Morgan fingerprint density at radius 3 is 3.05 bits per heavy atom. The van der Waals surface area contributed by atoms with Crippen LogP contribution in [0, 0.1) is 0 Å². The van der Waals surface area contributed by atoms with E-state index >= 15 is 0 Å². The summed E-state index contributed by atoms with van der Waals surface area (Å²) in [5.41, 5.74) is 7.50. The molecule has 6 heteroatoms. The number of hydrogen-bond acceptors (Lipinski definition) is 3. The highest BCUT2D eigenvalue weighted by Crippen LogP contribution is 2.31. The van der Waals surface area contributed by atoms with Gasteiger partial charge in [0.05, 0.1) is 10.0 Å². The summed E-state index contributed by atoms with van der Waals surface area (Å²) in [6, 6.07) is 1.79. The summed E-state index contributed by atoms with van der Waals surface area (Å²) >= 11 is 3.43. The highest BCUT2D eigenvalue weighted by Gasteiger charge is 2.31. The number of amides is 1. The second-order valence-electron chi connectivity index (χ2n) is 5.46. The molecule has 0 atom stereocenters. The molecule has 0 radical (unpaired) electrons. The zero-order chi connectivity index (χ0) is 14.2. The van der Waals surface area contributed by atoms with Gasteiger partial charge in [-0.05, 0) is 47.7 Å². The monoisotopic (exact) mass is 336 g/mol. The minimum absolute atomic E-state index is 0.0534. The Hall–Kier alpha value is -1.40. The number of aromatic nitrogens is 2. The highest BCUT2D eigenvalue weighted by atomic mass is 79.9. The predicted molar refractivity (Wildman–Crippen MR) is 80.6 cm³/mol. The van der Waals surface area contributed by atoms with Crippen LogP contribution in [0.25, 0.3) is 5.65 Å². The van der Waals surface area contributed by atoms with E-state index in [2.05, 4.69) is 26.2 Å². The first-order valence-corrected chi connectivity index (χ1v) is 7.56. The van der Waals surface area contributed by atoms with E-state index in [0.717, 1.165) is 29.4 Å². The third-order valence-electron chi connectivity index (χ3n) is 3.96. The van der Waals surface area contributed by atoms with Crippen LogP contribution in [-0.2, 0) is 0 Å². The summed E-state index contributed by atoms with van der Waals surface area (Å²) in [6.45, 7) is 0.620. The average Bonchev–Trinajstić information content (AvgIpc) is 2.85. The molecule has 1 fully saturated rings. The van der Waals surface area contributed by atoms with Crippen LogP contribution >= 0.6 is 15.9 Å². The molecule has 1 saturated carbocycles. The van der Waals surface area contributed by atoms with Gasteiger partial charge in [-0.3, -0.25) is 4.79 Å². The molecule has 5 nitrogen and oxygen atoms in total. The molecule has 0 bridgehead atoms. The normalized spacial score (nSPS) is 16.9. The van der Waals surface area contributed by atoms with Crippen LogP contribution in [0.5, 0.6) is 0 Å². The summed E-state index contributed by atoms with van der Waals surface area (Å²) in [4.78, 5) is 16.3. The van der Waals surface area contributed by atoms with Crippen molar-refractivity contribution in [1.29, 1.82) is 0 Å². The summed E-state index contributed by atoms with van der Waals surface area (Å²) in [6.07, 6.45) is 9.48. The molecule has 0 aromatic carbocycles. The second-order valence-corrected chi connectivity index (χ2v) is 6.31. The van der Waals surface area contributed by atoms with Gasteiger partial charge in [0.2, 0.25) is 0 Å². The maximum absolute atomic E-state index is 12.1. The van der Waals surface area contributed by atoms with Gasteiger partial charge < -0.3 is 15.5 Å².